The molecule has 1 fully saturated rings. The van der Waals surface area contributed by atoms with Gasteiger partial charge < -0.3 is 14.7 Å². The summed E-state index contributed by atoms with van der Waals surface area (Å²) in [4.78, 5) is 27.8. The monoisotopic (exact) mass is 385 g/mol. The van der Waals surface area contributed by atoms with Crippen molar-refractivity contribution in [2.75, 3.05) is 13.2 Å². The SMILES string of the molecule is CC(C)OCCCN1C(=O)C(=O)/C(=C(/O)c2ccccc2)C1c1cccs1. The fraction of sp³-hybridized carbons (Fsp3) is 0.333. The zero-order valence-corrected chi connectivity index (χ0v) is 16.2. The molecule has 1 atom stereocenters. The van der Waals surface area contributed by atoms with Gasteiger partial charge >= 0.3 is 0 Å². The molecule has 27 heavy (non-hydrogen) atoms. The van der Waals surface area contributed by atoms with Crippen molar-refractivity contribution in [2.24, 2.45) is 0 Å². The highest BCUT2D eigenvalue weighted by molar-refractivity contribution is 7.10. The van der Waals surface area contributed by atoms with E-state index in [0.717, 1.165) is 4.88 Å². The topological polar surface area (TPSA) is 66.8 Å². The van der Waals surface area contributed by atoms with Crippen molar-refractivity contribution in [2.45, 2.75) is 32.4 Å². The molecule has 1 unspecified atom stereocenters. The molecule has 1 aromatic heterocycles. The van der Waals surface area contributed by atoms with Crippen LogP contribution in [-0.4, -0.2) is 41.0 Å². The molecule has 0 aliphatic carbocycles. The lowest BCUT2D eigenvalue weighted by Gasteiger charge is -2.24. The largest absolute Gasteiger partial charge is 0.507 e. The first-order valence-corrected chi connectivity index (χ1v) is 9.87. The summed E-state index contributed by atoms with van der Waals surface area (Å²) in [6.07, 6.45) is 0.741. The maximum absolute atomic E-state index is 12.7. The van der Waals surface area contributed by atoms with Crippen molar-refractivity contribution < 1.29 is 19.4 Å². The predicted octanol–water partition coefficient (Wildman–Crippen LogP) is 3.98. The van der Waals surface area contributed by atoms with Gasteiger partial charge in [0.25, 0.3) is 11.7 Å². The van der Waals surface area contributed by atoms with Gasteiger partial charge in [-0.05, 0) is 31.7 Å². The fourth-order valence-electron chi connectivity index (χ4n) is 3.16. The first-order valence-electron chi connectivity index (χ1n) is 8.99. The Kier molecular flexibility index (Phi) is 6.08. The third kappa shape index (κ3) is 4.12. The molecule has 1 aliphatic rings. The molecule has 1 saturated heterocycles. The molecule has 2 aromatic rings. The van der Waals surface area contributed by atoms with Crippen LogP contribution < -0.4 is 0 Å². The van der Waals surface area contributed by atoms with Gasteiger partial charge in [0.2, 0.25) is 0 Å². The van der Waals surface area contributed by atoms with Crippen LogP contribution in [0, 0.1) is 0 Å². The van der Waals surface area contributed by atoms with E-state index >= 15 is 0 Å². The fourth-order valence-corrected chi connectivity index (χ4v) is 4.00. The Morgan fingerprint density at radius 3 is 2.56 bits per heavy atom. The van der Waals surface area contributed by atoms with Gasteiger partial charge in [-0.1, -0.05) is 36.4 Å². The Morgan fingerprint density at radius 1 is 1.19 bits per heavy atom. The zero-order chi connectivity index (χ0) is 19.4. The predicted molar refractivity (Wildman–Crippen MR) is 105 cm³/mol. The van der Waals surface area contributed by atoms with Crippen LogP contribution >= 0.6 is 11.3 Å². The molecule has 0 spiro atoms. The van der Waals surface area contributed by atoms with E-state index in [-0.39, 0.29) is 17.4 Å². The van der Waals surface area contributed by atoms with E-state index in [1.807, 2.05) is 37.4 Å². The summed E-state index contributed by atoms with van der Waals surface area (Å²) in [6, 6.07) is 12.1. The number of aliphatic hydroxyl groups excluding tert-OH is 1. The molecule has 1 amide bonds. The molecule has 0 radical (unpaired) electrons. The van der Waals surface area contributed by atoms with Crippen molar-refractivity contribution in [3.63, 3.8) is 0 Å². The number of benzene rings is 1. The molecule has 6 heteroatoms. The molecule has 1 aromatic carbocycles. The number of likely N-dealkylation sites (tertiary alicyclic amines) is 1. The number of aliphatic hydroxyl groups is 1. The third-order valence-corrected chi connectivity index (χ3v) is 5.32. The number of amides is 1. The molecule has 2 heterocycles. The highest BCUT2D eigenvalue weighted by Gasteiger charge is 2.46. The van der Waals surface area contributed by atoms with E-state index in [9.17, 15) is 14.7 Å². The van der Waals surface area contributed by atoms with Crippen LogP contribution in [0.3, 0.4) is 0 Å². The van der Waals surface area contributed by atoms with Crippen molar-refractivity contribution >= 4 is 28.8 Å². The highest BCUT2D eigenvalue weighted by Crippen LogP contribution is 2.40. The second-order valence-corrected chi connectivity index (χ2v) is 7.63. The number of carbonyl (C=O) groups excluding carboxylic acids is 2. The molecule has 5 nitrogen and oxygen atoms in total. The number of nitrogens with zero attached hydrogens (tertiary/aromatic N) is 1. The van der Waals surface area contributed by atoms with Gasteiger partial charge in [-0.15, -0.1) is 11.3 Å². The highest BCUT2D eigenvalue weighted by atomic mass is 32.1. The second kappa shape index (κ2) is 8.50. The Morgan fingerprint density at radius 2 is 1.93 bits per heavy atom. The van der Waals surface area contributed by atoms with E-state index in [0.29, 0.717) is 25.1 Å². The number of rotatable bonds is 7. The Hall–Kier alpha value is -2.44. The second-order valence-electron chi connectivity index (χ2n) is 6.65. The van der Waals surface area contributed by atoms with Gasteiger partial charge in [0.15, 0.2) is 0 Å². The smallest absolute Gasteiger partial charge is 0.295 e. The minimum atomic E-state index is -0.639. The number of thiophene rings is 1. The van der Waals surface area contributed by atoms with Gasteiger partial charge in [-0.2, -0.15) is 0 Å². The number of hydrogen-bond acceptors (Lipinski definition) is 5. The van der Waals surface area contributed by atoms with Gasteiger partial charge in [0.1, 0.15) is 5.76 Å². The molecule has 3 rings (SSSR count). The van der Waals surface area contributed by atoms with E-state index in [1.54, 1.807) is 29.2 Å². The maximum Gasteiger partial charge on any atom is 0.295 e. The van der Waals surface area contributed by atoms with Crippen LogP contribution in [0.2, 0.25) is 0 Å². The summed E-state index contributed by atoms with van der Waals surface area (Å²) in [5, 5.41) is 12.7. The van der Waals surface area contributed by atoms with E-state index in [2.05, 4.69) is 0 Å². The molecular formula is C21H23NO4S. The minimum absolute atomic E-state index is 0.117. The molecule has 1 aliphatic heterocycles. The summed E-state index contributed by atoms with van der Waals surface area (Å²) >= 11 is 1.47. The number of Topliss-reactive ketones (excluding diaryl/α,β-unsaturated/α-hetero) is 1. The van der Waals surface area contributed by atoms with Gasteiger partial charge in [0.05, 0.1) is 17.7 Å². The molecule has 142 valence electrons. The first-order chi connectivity index (χ1) is 13.0. The summed E-state index contributed by atoms with van der Waals surface area (Å²) in [7, 11) is 0. The lowest BCUT2D eigenvalue weighted by molar-refractivity contribution is -0.140. The summed E-state index contributed by atoms with van der Waals surface area (Å²) in [5.74, 6) is -1.34. The quantitative estimate of drug-likeness (QED) is 0.339. The van der Waals surface area contributed by atoms with Crippen LogP contribution in [0.1, 0.15) is 36.8 Å². The molecular weight excluding hydrogens is 362 g/mol. The van der Waals surface area contributed by atoms with Gasteiger partial charge in [-0.3, -0.25) is 9.59 Å². The molecule has 0 bridgehead atoms. The third-order valence-electron chi connectivity index (χ3n) is 4.39. The van der Waals surface area contributed by atoms with Crippen LogP contribution in [0.4, 0.5) is 0 Å². The van der Waals surface area contributed by atoms with Crippen LogP contribution in [-0.2, 0) is 14.3 Å². The normalized spacial score (nSPS) is 19.2. The standard InChI is InChI=1S/C21H23NO4S/c1-14(2)26-12-7-11-22-18(16-10-6-13-27-16)17(20(24)21(22)25)19(23)15-8-4-3-5-9-15/h3-6,8-10,13-14,18,23H,7,11-12H2,1-2H3/b19-17+. The Bertz CT molecular complexity index is 827. The Balaban J connectivity index is 1.95. The van der Waals surface area contributed by atoms with Gasteiger partial charge in [0, 0.05) is 23.6 Å². The summed E-state index contributed by atoms with van der Waals surface area (Å²) in [6.45, 7) is 4.82. The van der Waals surface area contributed by atoms with E-state index in [1.165, 1.54) is 11.3 Å². The lowest BCUT2D eigenvalue weighted by atomic mass is 10.00. The van der Waals surface area contributed by atoms with Crippen molar-refractivity contribution in [3.05, 3.63) is 63.9 Å². The van der Waals surface area contributed by atoms with E-state index < -0.39 is 17.7 Å². The number of carbonyl (C=O) groups is 2. The summed E-state index contributed by atoms with van der Waals surface area (Å²) in [5.41, 5.74) is 0.679. The number of hydrogen-bond donors (Lipinski definition) is 1. The first kappa shape index (κ1) is 19.3. The van der Waals surface area contributed by atoms with Crippen LogP contribution in [0.15, 0.2) is 53.4 Å². The minimum Gasteiger partial charge on any atom is -0.507 e. The van der Waals surface area contributed by atoms with Crippen molar-refractivity contribution in [1.29, 1.82) is 0 Å². The van der Waals surface area contributed by atoms with Crippen LogP contribution in [0.5, 0.6) is 0 Å². The number of ether oxygens (including phenoxy) is 1. The number of ketones is 1. The zero-order valence-electron chi connectivity index (χ0n) is 15.4. The van der Waals surface area contributed by atoms with Gasteiger partial charge in [-0.25, -0.2) is 0 Å². The Labute approximate surface area is 162 Å². The van der Waals surface area contributed by atoms with Crippen molar-refractivity contribution in [3.8, 4) is 0 Å². The van der Waals surface area contributed by atoms with Crippen molar-refractivity contribution in [1.82, 2.24) is 4.90 Å². The van der Waals surface area contributed by atoms with Crippen LogP contribution in [0.25, 0.3) is 5.76 Å². The summed E-state index contributed by atoms with van der Waals surface area (Å²) < 4.78 is 5.55. The van der Waals surface area contributed by atoms with E-state index in [4.69, 9.17) is 4.74 Å². The lowest BCUT2D eigenvalue weighted by Crippen LogP contribution is -2.31. The average Bonchev–Trinajstić information content (AvgIpc) is 3.27. The average molecular weight is 385 g/mol. The molecule has 0 saturated carbocycles. The maximum atomic E-state index is 12.7. The molecule has 1 N–H and O–H groups in total.